The van der Waals surface area contributed by atoms with Gasteiger partial charge in [-0.3, -0.25) is 9.59 Å². The number of anilines is 1. The average molecular weight is 340 g/mol. The molecule has 0 fully saturated rings. The molecule has 0 unspecified atom stereocenters. The van der Waals surface area contributed by atoms with Crippen LogP contribution in [0.15, 0.2) is 42.5 Å². The number of hydrogen-bond acceptors (Lipinski definition) is 4. The van der Waals surface area contributed by atoms with Gasteiger partial charge in [-0.25, -0.2) is 4.79 Å². The van der Waals surface area contributed by atoms with E-state index in [1.165, 1.54) is 14.0 Å². The Balaban J connectivity index is 2.11. The smallest absolute Gasteiger partial charge is 0.337 e. The van der Waals surface area contributed by atoms with E-state index in [1.54, 1.807) is 42.5 Å². The molecule has 0 radical (unpaired) electrons. The number of carbonyl (C=O) groups excluding carboxylic acids is 3. The summed E-state index contributed by atoms with van der Waals surface area (Å²) < 4.78 is 4.69. The molecule has 0 aromatic heterocycles. The van der Waals surface area contributed by atoms with Crippen LogP contribution in [0.5, 0.6) is 0 Å². The Morgan fingerprint density at radius 2 is 1.64 bits per heavy atom. The van der Waals surface area contributed by atoms with E-state index >= 15 is 0 Å². The summed E-state index contributed by atoms with van der Waals surface area (Å²) in [5, 5.41) is 5.50. The van der Waals surface area contributed by atoms with Crippen molar-refractivity contribution in [1.82, 2.24) is 5.32 Å². The maximum Gasteiger partial charge on any atom is 0.337 e. The number of methoxy groups -OCH3 is 1. The van der Waals surface area contributed by atoms with E-state index in [4.69, 9.17) is 4.74 Å². The van der Waals surface area contributed by atoms with Crippen molar-refractivity contribution in [2.75, 3.05) is 12.4 Å². The SMILES string of the molecule is COC(=O)c1ccc(C)c(NC(=O)c2ccc(CNC(C)=O)cc2)c1. The molecule has 2 aromatic carbocycles. The van der Waals surface area contributed by atoms with Crippen molar-refractivity contribution in [2.45, 2.75) is 20.4 Å². The highest BCUT2D eigenvalue weighted by Gasteiger charge is 2.11. The van der Waals surface area contributed by atoms with Gasteiger partial charge in [0.1, 0.15) is 0 Å². The Kier molecular flexibility index (Phi) is 5.89. The molecule has 0 heterocycles. The number of benzene rings is 2. The molecule has 0 bridgehead atoms. The monoisotopic (exact) mass is 340 g/mol. The Labute approximate surface area is 146 Å². The fourth-order valence-corrected chi connectivity index (χ4v) is 2.20. The Bertz CT molecular complexity index is 798. The lowest BCUT2D eigenvalue weighted by Gasteiger charge is -2.10. The van der Waals surface area contributed by atoms with Gasteiger partial charge in [0.05, 0.1) is 12.7 Å². The van der Waals surface area contributed by atoms with Gasteiger partial charge >= 0.3 is 5.97 Å². The first-order chi connectivity index (χ1) is 11.9. The first-order valence-electron chi connectivity index (χ1n) is 7.74. The number of nitrogens with one attached hydrogen (secondary N) is 2. The largest absolute Gasteiger partial charge is 0.465 e. The highest BCUT2D eigenvalue weighted by Crippen LogP contribution is 2.19. The first kappa shape index (κ1) is 18.2. The van der Waals surface area contributed by atoms with E-state index < -0.39 is 5.97 Å². The first-order valence-corrected chi connectivity index (χ1v) is 7.74. The number of aryl methyl sites for hydroxylation is 1. The van der Waals surface area contributed by atoms with Crippen molar-refractivity contribution >= 4 is 23.5 Å². The third-order valence-electron chi connectivity index (χ3n) is 3.66. The minimum atomic E-state index is -0.460. The van der Waals surface area contributed by atoms with Gasteiger partial charge in [-0.2, -0.15) is 0 Å². The minimum Gasteiger partial charge on any atom is -0.465 e. The number of hydrogen-bond donors (Lipinski definition) is 2. The maximum atomic E-state index is 12.4. The van der Waals surface area contributed by atoms with Crippen LogP contribution < -0.4 is 10.6 Å². The zero-order valence-corrected chi connectivity index (χ0v) is 14.4. The van der Waals surface area contributed by atoms with Crippen molar-refractivity contribution in [3.05, 3.63) is 64.7 Å². The average Bonchev–Trinajstić information content (AvgIpc) is 2.61. The molecular formula is C19H20N2O4. The second-order valence-electron chi connectivity index (χ2n) is 5.58. The zero-order chi connectivity index (χ0) is 18.4. The summed E-state index contributed by atoms with van der Waals surface area (Å²) in [7, 11) is 1.31. The molecule has 130 valence electrons. The summed E-state index contributed by atoms with van der Waals surface area (Å²) in [4.78, 5) is 34.9. The summed E-state index contributed by atoms with van der Waals surface area (Å²) >= 11 is 0. The number of rotatable bonds is 5. The van der Waals surface area contributed by atoms with Crippen LogP contribution in [-0.2, 0) is 16.1 Å². The van der Waals surface area contributed by atoms with Gasteiger partial charge < -0.3 is 15.4 Å². The molecule has 2 aromatic rings. The molecule has 0 saturated carbocycles. The standard InChI is InChI=1S/C19H20N2O4/c1-12-4-7-16(19(24)25-3)10-17(12)21-18(23)15-8-5-14(6-9-15)11-20-13(2)22/h4-10H,11H2,1-3H3,(H,20,22)(H,21,23). The lowest BCUT2D eigenvalue weighted by Crippen LogP contribution is -2.19. The predicted molar refractivity (Wildman–Crippen MR) is 94.4 cm³/mol. The molecule has 0 aliphatic rings. The van der Waals surface area contributed by atoms with Crippen molar-refractivity contribution in [2.24, 2.45) is 0 Å². The predicted octanol–water partition coefficient (Wildman–Crippen LogP) is 2.67. The minimum absolute atomic E-state index is 0.109. The summed E-state index contributed by atoms with van der Waals surface area (Å²) in [6.45, 7) is 3.71. The fraction of sp³-hybridized carbons (Fsp3) is 0.211. The quantitative estimate of drug-likeness (QED) is 0.820. The number of esters is 1. The van der Waals surface area contributed by atoms with E-state index in [2.05, 4.69) is 10.6 Å². The second-order valence-corrected chi connectivity index (χ2v) is 5.58. The topological polar surface area (TPSA) is 84.5 Å². The fourth-order valence-electron chi connectivity index (χ4n) is 2.20. The lowest BCUT2D eigenvalue weighted by atomic mass is 10.1. The van der Waals surface area contributed by atoms with Gasteiger partial charge in [0.25, 0.3) is 5.91 Å². The third kappa shape index (κ3) is 4.91. The van der Waals surface area contributed by atoms with Crippen LogP contribution in [0.25, 0.3) is 0 Å². The van der Waals surface area contributed by atoms with Gasteiger partial charge in [0.15, 0.2) is 0 Å². The molecule has 2 N–H and O–H groups in total. The molecule has 2 rings (SSSR count). The molecule has 0 atom stereocenters. The Morgan fingerprint density at radius 3 is 2.24 bits per heavy atom. The van der Waals surface area contributed by atoms with Crippen LogP contribution in [0.2, 0.25) is 0 Å². The van der Waals surface area contributed by atoms with Gasteiger partial charge in [0, 0.05) is 24.7 Å². The van der Waals surface area contributed by atoms with Crippen molar-refractivity contribution in [3.63, 3.8) is 0 Å². The van der Waals surface area contributed by atoms with Crippen LogP contribution in [0.4, 0.5) is 5.69 Å². The lowest BCUT2D eigenvalue weighted by molar-refractivity contribution is -0.119. The van der Waals surface area contributed by atoms with Crippen LogP contribution in [0.3, 0.4) is 0 Å². The molecule has 25 heavy (non-hydrogen) atoms. The highest BCUT2D eigenvalue weighted by atomic mass is 16.5. The second kappa shape index (κ2) is 8.10. The van der Waals surface area contributed by atoms with E-state index in [0.717, 1.165) is 11.1 Å². The van der Waals surface area contributed by atoms with E-state index in [-0.39, 0.29) is 11.8 Å². The maximum absolute atomic E-state index is 12.4. The number of amides is 2. The normalized spacial score (nSPS) is 10.0. The summed E-state index contributed by atoms with van der Waals surface area (Å²) in [5.41, 5.74) is 3.14. The van der Waals surface area contributed by atoms with Crippen LogP contribution in [0.1, 0.15) is 38.8 Å². The highest BCUT2D eigenvalue weighted by molar-refractivity contribution is 6.05. The third-order valence-corrected chi connectivity index (χ3v) is 3.66. The zero-order valence-electron chi connectivity index (χ0n) is 14.4. The van der Waals surface area contributed by atoms with Gasteiger partial charge in [-0.1, -0.05) is 18.2 Å². The van der Waals surface area contributed by atoms with E-state index in [1.807, 2.05) is 6.92 Å². The Hall–Kier alpha value is -3.15. The summed E-state index contributed by atoms with van der Waals surface area (Å²) in [6, 6.07) is 11.9. The molecule has 0 aliphatic carbocycles. The van der Waals surface area contributed by atoms with Gasteiger partial charge in [-0.05, 0) is 42.3 Å². The van der Waals surface area contributed by atoms with Gasteiger partial charge in [0.2, 0.25) is 5.91 Å². The molecule has 0 saturated heterocycles. The van der Waals surface area contributed by atoms with Crippen LogP contribution >= 0.6 is 0 Å². The molecule has 6 heteroatoms. The van der Waals surface area contributed by atoms with Crippen molar-refractivity contribution in [1.29, 1.82) is 0 Å². The molecule has 0 spiro atoms. The molecule has 0 aliphatic heterocycles. The molecular weight excluding hydrogens is 320 g/mol. The van der Waals surface area contributed by atoms with E-state index in [0.29, 0.717) is 23.4 Å². The van der Waals surface area contributed by atoms with Crippen molar-refractivity contribution in [3.8, 4) is 0 Å². The van der Waals surface area contributed by atoms with Crippen LogP contribution in [0, 0.1) is 6.92 Å². The van der Waals surface area contributed by atoms with E-state index in [9.17, 15) is 14.4 Å². The van der Waals surface area contributed by atoms with Crippen molar-refractivity contribution < 1.29 is 19.1 Å². The Morgan fingerprint density at radius 1 is 1.00 bits per heavy atom. The summed E-state index contributed by atoms with van der Waals surface area (Å²) in [6.07, 6.45) is 0. The summed E-state index contributed by atoms with van der Waals surface area (Å²) in [5.74, 6) is -0.850. The number of carbonyl (C=O) groups is 3. The number of ether oxygens (including phenoxy) is 1. The molecule has 2 amide bonds. The van der Waals surface area contributed by atoms with Gasteiger partial charge in [-0.15, -0.1) is 0 Å². The molecule has 6 nitrogen and oxygen atoms in total. The van der Waals surface area contributed by atoms with Crippen LogP contribution in [-0.4, -0.2) is 24.9 Å².